The summed E-state index contributed by atoms with van der Waals surface area (Å²) in [4.78, 5) is 12.4. The number of rotatable bonds is 6. The average molecular weight is 365 g/mol. The van der Waals surface area contributed by atoms with Crippen LogP contribution in [0.25, 0.3) is 0 Å². The molecular weight excluding hydrogens is 338 g/mol. The molecular formula is C18H27N3O3S. The van der Waals surface area contributed by atoms with Crippen LogP contribution < -0.4 is 10.6 Å². The van der Waals surface area contributed by atoms with E-state index in [-0.39, 0.29) is 16.8 Å². The van der Waals surface area contributed by atoms with E-state index in [9.17, 15) is 13.2 Å². The van der Waals surface area contributed by atoms with Gasteiger partial charge in [-0.15, -0.1) is 0 Å². The van der Waals surface area contributed by atoms with Crippen molar-refractivity contribution in [3.8, 4) is 0 Å². The Bertz CT molecular complexity index is 693. The number of benzene rings is 1. The number of carbonyl (C=O) groups excluding carboxylic acids is 1. The van der Waals surface area contributed by atoms with Crippen molar-refractivity contribution in [1.82, 2.24) is 14.9 Å². The molecule has 138 valence electrons. The molecule has 1 amide bonds. The molecule has 0 bridgehead atoms. The summed E-state index contributed by atoms with van der Waals surface area (Å²) in [7, 11) is -1.84. The fourth-order valence-corrected chi connectivity index (χ4v) is 4.83. The molecule has 3 rings (SSSR count). The maximum Gasteiger partial charge on any atom is 0.251 e. The van der Waals surface area contributed by atoms with E-state index in [4.69, 9.17) is 0 Å². The minimum absolute atomic E-state index is 0.0813. The molecule has 1 aromatic rings. The van der Waals surface area contributed by atoms with Crippen LogP contribution >= 0.6 is 0 Å². The van der Waals surface area contributed by atoms with Crippen molar-refractivity contribution in [2.24, 2.45) is 5.92 Å². The third-order valence-electron chi connectivity index (χ3n) is 5.30. The number of nitrogens with zero attached hydrogens (tertiary/aromatic N) is 1. The van der Waals surface area contributed by atoms with Gasteiger partial charge in [-0.3, -0.25) is 4.79 Å². The fourth-order valence-electron chi connectivity index (χ4n) is 3.42. The highest BCUT2D eigenvalue weighted by molar-refractivity contribution is 7.89. The molecule has 1 saturated carbocycles. The molecule has 0 atom stereocenters. The number of nitrogens with one attached hydrogen (secondary N) is 2. The minimum Gasteiger partial charge on any atom is -0.352 e. The van der Waals surface area contributed by atoms with Gasteiger partial charge in [0.15, 0.2) is 0 Å². The Morgan fingerprint density at radius 3 is 2.36 bits per heavy atom. The first-order chi connectivity index (χ1) is 12.0. The summed E-state index contributed by atoms with van der Waals surface area (Å²) in [6, 6.07) is 6.34. The van der Waals surface area contributed by atoms with Crippen molar-refractivity contribution in [3.05, 3.63) is 29.8 Å². The second-order valence-electron chi connectivity index (χ2n) is 7.07. The van der Waals surface area contributed by atoms with E-state index < -0.39 is 10.0 Å². The topological polar surface area (TPSA) is 78.5 Å². The van der Waals surface area contributed by atoms with Crippen LogP contribution in [0, 0.1) is 5.92 Å². The number of carbonyl (C=O) groups is 1. The molecule has 2 aliphatic rings. The van der Waals surface area contributed by atoms with Gasteiger partial charge in [0.25, 0.3) is 5.91 Å². The van der Waals surface area contributed by atoms with Crippen LogP contribution in [0.15, 0.2) is 29.2 Å². The molecule has 2 N–H and O–H groups in total. The van der Waals surface area contributed by atoms with Crippen LogP contribution in [-0.2, 0) is 10.0 Å². The van der Waals surface area contributed by atoms with E-state index in [0.717, 1.165) is 38.8 Å². The van der Waals surface area contributed by atoms with Gasteiger partial charge in [-0.2, -0.15) is 4.31 Å². The Morgan fingerprint density at radius 1 is 1.16 bits per heavy atom. The van der Waals surface area contributed by atoms with Crippen molar-refractivity contribution in [2.45, 2.75) is 43.0 Å². The summed E-state index contributed by atoms with van der Waals surface area (Å²) in [5.74, 6) is 0.337. The summed E-state index contributed by atoms with van der Waals surface area (Å²) in [5, 5.41) is 6.06. The Morgan fingerprint density at radius 2 is 1.80 bits per heavy atom. The molecule has 6 nitrogen and oxygen atoms in total. The first kappa shape index (κ1) is 18.4. The van der Waals surface area contributed by atoms with Crippen LogP contribution in [0.3, 0.4) is 0 Å². The molecule has 0 radical (unpaired) electrons. The van der Waals surface area contributed by atoms with E-state index in [1.54, 1.807) is 19.2 Å². The summed E-state index contributed by atoms with van der Waals surface area (Å²) in [5.41, 5.74) is 0.492. The third kappa shape index (κ3) is 4.22. The first-order valence-electron chi connectivity index (χ1n) is 9.05. The fraction of sp³-hybridized carbons (Fsp3) is 0.611. The van der Waals surface area contributed by atoms with Crippen molar-refractivity contribution < 1.29 is 13.2 Å². The lowest BCUT2D eigenvalue weighted by molar-refractivity contribution is 0.0942. The number of amides is 1. The Labute approximate surface area is 150 Å². The highest BCUT2D eigenvalue weighted by Gasteiger charge is 2.29. The van der Waals surface area contributed by atoms with Gasteiger partial charge in [0.1, 0.15) is 0 Å². The Balaban J connectivity index is 1.64. The SMILES string of the molecule is CN(C1CCCCC1)S(=O)(=O)c1ccc(C(=O)NCC2CNC2)cc1. The zero-order valence-corrected chi connectivity index (χ0v) is 15.5. The average Bonchev–Trinajstić information content (AvgIpc) is 2.60. The lowest BCUT2D eigenvalue weighted by atomic mass is 9.96. The molecule has 1 saturated heterocycles. The van der Waals surface area contributed by atoms with Crippen LogP contribution in [0.2, 0.25) is 0 Å². The molecule has 1 aliphatic heterocycles. The zero-order chi connectivity index (χ0) is 17.9. The Hall–Kier alpha value is -1.44. The zero-order valence-electron chi connectivity index (χ0n) is 14.7. The smallest absolute Gasteiger partial charge is 0.251 e. The van der Waals surface area contributed by atoms with Gasteiger partial charge in [-0.25, -0.2) is 8.42 Å². The lowest BCUT2D eigenvalue weighted by Crippen LogP contribution is -2.48. The number of hydrogen-bond donors (Lipinski definition) is 2. The number of hydrogen-bond acceptors (Lipinski definition) is 4. The summed E-state index contributed by atoms with van der Waals surface area (Å²) < 4.78 is 27.1. The quantitative estimate of drug-likeness (QED) is 0.802. The molecule has 1 aliphatic carbocycles. The minimum atomic E-state index is -3.51. The van der Waals surface area contributed by atoms with Gasteiger partial charge in [0.05, 0.1) is 4.90 Å². The van der Waals surface area contributed by atoms with E-state index in [1.165, 1.54) is 22.9 Å². The Kier molecular flexibility index (Phi) is 5.76. The molecule has 25 heavy (non-hydrogen) atoms. The van der Waals surface area contributed by atoms with Crippen LogP contribution in [-0.4, -0.2) is 51.4 Å². The van der Waals surface area contributed by atoms with E-state index in [1.807, 2.05) is 0 Å². The summed E-state index contributed by atoms with van der Waals surface area (Å²) in [6.45, 7) is 2.52. The van der Waals surface area contributed by atoms with Crippen LogP contribution in [0.1, 0.15) is 42.5 Å². The molecule has 1 aromatic carbocycles. The highest BCUT2D eigenvalue weighted by atomic mass is 32.2. The lowest BCUT2D eigenvalue weighted by Gasteiger charge is -2.30. The maximum absolute atomic E-state index is 12.8. The number of sulfonamides is 1. The predicted octanol–water partition coefficient (Wildman–Crippen LogP) is 1.59. The molecule has 0 spiro atoms. The molecule has 0 aromatic heterocycles. The van der Waals surface area contributed by atoms with Crippen molar-refractivity contribution >= 4 is 15.9 Å². The third-order valence-corrected chi connectivity index (χ3v) is 7.22. The van der Waals surface area contributed by atoms with Crippen molar-refractivity contribution in [2.75, 3.05) is 26.7 Å². The normalized spacial score (nSPS) is 19.6. The van der Waals surface area contributed by atoms with Gasteiger partial charge < -0.3 is 10.6 Å². The molecule has 0 unspecified atom stereocenters. The van der Waals surface area contributed by atoms with Crippen LogP contribution in [0.4, 0.5) is 0 Å². The van der Waals surface area contributed by atoms with E-state index in [0.29, 0.717) is 18.0 Å². The van der Waals surface area contributed by atoms with Gasteiger partial charge in [-0.1, -0.05) is 19.3 Å². The molecule has 1 heterocycles. The van der Waals surface area contributed by atoms with Gasteiger partial charge >= 0.3 is 0 Å². The van der Waals surface area contributed by atoms with E-state index >= 15 is 0 Å². The van der Waals surface area contributed by atoms with Crippen molar-refractivity contribution in [1.29, 1.82) is 0 Å². The second-order valence-corrected chi connectivity index (χ2v) is 9.07. The van der Waals surface area contributed by atoms with Gasteiger partial charge in [0, 0.05) is 44.2 Å². The van der Waals surface area contributed by atoms with Crippen molar-refractivity contribution in [3.63, 3.8) is 0 Å². The first-order valence-corrected chi connectivity index (χ1v) is 10.5. The highest BCUT2D eigenvalue weighted by Crippen LogP contribution is 2.26. The molecule has 7 heteroatoms. The summed E-state index contributed by atoms with van der Waals surface area (Å²) in [6.07, 6.45) is 5.20. The van der Waals surface area contributed by atoms with Gasteiger partial charge in [0.2, 0.25) is 10.0 Å². The van der Waals surface area contributed by atoms with Crippen LogP contribution in [0.5, 0.6) is 0 Å². The second kappa shape index (κ2) is 7.85. The standard InChI is InChI=1S/C18H27N3O3S/c1-21(16-5-3-2-4-6-16)25(23,24)17-9-7-15(8-10-17)18(22)20-13-14-11-19-12-14/h7-10,14,16,19H,2-6,11-13H2,1H3,(H,20,22). The molecule has 2 fully saturated rings. The van der Waals surface area contributed by atoms with Gasteiger partial charge in [-0.05, 0) is 37.1 Å². The maximum atomic E-state index is 12.8. The predicted molar refractivity (Wildman–Crippen MR) is 97.0 cm³/mol. The van der Waals surface area contributed by atoms with E-state index in [2.05, 4.69) is 10.6 Å². The largest absolute Gasteiger partial charge is 0.352 e. The monoisotopic (exact) mass is 365 g/mol. The summed E-state index contributed by atoms with van der Waals surface area (Å²) >= 11 is 0.